The van der Waals surface area contributed by atoms with Crippen molar-refractivity contribution >= 4 is 28.0 Å². The van der Waals surface area contributed by atoms with Gasteiger partial charge in [0.1, 0.15) is 0 Å². The van der Waals surface area contributed by atoms with Gasteiger partial charge in [0.05, 0.1) is 17.6 Å². The van der Waals surface area contributed by atoms with Crippen LogP contribution in [0.15, 0.2) is 18.2 Å². The minimum Gasteiger partial charge on any atom is -0.0682 e. The fraction of sp³-hybridized carbons (Fsp3) is 0.455. The van der Waals surface area contributed by atoms with Crippen molar-refractivity contribution in [1.82, 2.24) is 0 Å². The van der Waals surface area contributed by atoms with Gasteiger partial charge in [0, 0.05) is 0 Å². The molecule has 0 saturated carbocycles. The molecule has 0 bridgehead atoms. The summed E-state index contributed by atoms with van der Waals surface area (Å²) in [6.07, 6.45) is 0. The highest BCUT2D eigenvalue weighted by Crippen LogP contribution is 1.96. The van der Waals surface area contributed by atoms with E-state index in [2.05, 4.69) is 51.3 Å². The standard InChI is InChI=1S/C11H20Si2/c1-9-6-10(12(2)3)8-11(7-9)13(4)5/h6-8,12-13H,1-5H3. The van der Waals surface area contributed by atoms with E-state index in [-0.39, 0.29) is 0 Å². The lowest BCUT2D eigenvalue weighted by atomic mass is 10.2. The molecular formula is C11H20Si2. The van der Waals surface area contributed by atoms with Crippen LogP contribution in [0.5, 0.6) is 0 Å². The molecule has 1 aromatic carbocycles. The molecule has 1 rings (SSSR count). The Kier molecular flexibility index (Phi) is 3.50. The van der Waals surface area contributed by atoms with Crippen LogP contribution in [0, 0.1) is 6.92 Å². The van der Waals surface area contributed by atoms with Crippen molar-refractivity contribution in [3.05, 3.63) is 23.8 Å². The number of rotatable bonds is 2. The maximum atomic E-state index is 2.46. The minimum atomic E-state index is -0.604. The Morgan fingerprint density at radius 2 is 1.15 bits per heavy atom. The SMILES string of the molecule is Cc1cc([SiH](C)C)cc([SiH](C)C)c1. The van der Waals surface area contributed by atoms with Crippen LogP contribution in [0.3, 0.4) is 0 Å². The van der Waals surface area contributed by atoms with Gasteiger partial charge >= 0.3 is 0 Å². The lowest BCUT2D eigenvalue weighted by Crippen LogP contribution is -2.32. The predicted octanol–water partition coefficient (Wildman–Crippen LogP) is 1.38. The molecular weight excluding hydrogens is 188 g/mol. The van der Waals surface area contributed by atoms with Crippen molar-refractivity contribution in [1.29, 1.82) is 0 Å². The largest absolute Gasteiger partial charge is 0.0682 e. The summed E-state index contributed by atoms with van der Waals surface area (Å²) in [5.41, 5.74) is 1.45. The van der Waals surface area contributed by atoms with Gasteiger partial charge in [0.25, 0.3) is 0 Å². The van der Waals surface area contributed by atoms with Crippen LogP contribution in [-0.2, 0) is 0 Å². The van der Waals surface area contributed by atoms with Gasteiger partial charge in [-0.1, -0.05) is 60.3 Å². The van der Waals surface area contributed by atoms with E-state index < -0.39 is 17.6 Å². The summed E-state index contributed by atoms with van der Waals surface area (Å²) in [5, 5.41) is 3.27. The Labute approximate surface area is 85.2 Å². The van der Waals surface area contributed by atoms with Crippen molar-refractivity contribution in [2.45, 2.75) is 33.1 Å². The quantitative estimate of drug-likeness (QED) is 0.644. The zero-order valence-electron chi connectivity index (χ0n) is 9.39. The zero-order valence-corrected chi connectivity index (χ0v) is 11.7. The zero-order chi connectivity index (χ0) is 10.0. The molecule has 0 fully saturated rings. The number of hydrogen-bond donors (Lipinski definition) is 0. The molecule has 0 atom stereocenters. The molecule has 1 aromatic rings. The van der Waals surface area contributed by atoms with E-state index in [0.717, 1.165) is 0 Å². The van der Waals surface area contributed by atoms with Crippen molar-refractivity contribution in [2.24, 2.45) is 0 Å². The van der Waals surface area contributed by atoms with Crippen LogP contribution in [-0.4, -0.2) is 17.6 Å². The summed E-state index contributed by atoms with van der Waals surface area (Å²) in [5.74, 6) is 0. The Morgan fingerprint density at radius 1 is 0.769 bits per heavy atom. The van der Waals surface area contributed by atoms with Gasteiger partial charge < -0.3 is 0 Å². The summed E-state index contributed by atoms with van der Waals surface area (Å²) in [7, 11) is -1.21. The van der Waals surface area contributed by atoms with Gasteiger partial charge in [-0.2, -0.15) is 0 Å². The van der Waals surface area contributed by atoms with E-state index in [1.54, 1.807) is 10.4 Å². The second-order valence-electron chi connectivity index (χ2n) is 4.49. The van der Waals surface area contributed by atoms with Crippen LogP contribution in [0.4, 0.5) is 0 Å². The molecule has 0 aliphatic carbocycles. The Hall–Kier alpha value is -0.346. The van der Waals surface area contributed by atoms with E-state index in [4.69, 9.17) is 0 Å². The Morgan fingerprint density at radius 3 is 1.46 bits per heavy atom. The van der Waals surface area contributed by atoms with Gasteiger partial charge in [-0.3, -0.25) is 0 Å². The van der Waals surface area contributed by atoms with E-state index in [0.29, 0.717) is 0 Å². The molecule has 0 saturated heterocycles. The third-order valence-electron chi connectivity index (χ3n) is 2.46. The van der Waals surface area contributed by atoms with Crippen LogP contribution >= 0.6 is 0 Å². The lowest BCUT2D eigenvalue weighted by Gasteiger charge is -2.11. The average Bonchev–Trinajstić information content (AvgIpc) is 2.03. The van der Waals surface area contributed by atoms with Gasteiger partial charge in [0.15, 0.2) is 0 Å². The molecule has 0 nitrogen and oxygen atoms in total. The first-order valence-electron chi connectivity index (χ1n) is 5.12. The van der Waals surface area contributed by atoms with E-state index >= 15 is 0 Å². The first kappa shape index (κ1) is 10.7. The maximum Gasteiger partial charge on any atom is 0.0647 e. The van der Waals surface area contributed by atoms with E-state index in [1.807, 2.05) is 0 Å². The smallest absolute Gasteiger partial charge is 0.0647 e. The highest BCUT2D eigenvalue weighted by molar-refractivity contribution is 6.74. The predicted molar refractivity (Wildman–Crippen MR) is 68.2 cm³/mol. The fourth-order valence-electron chi connectivity index (χ4n) is 1.51. The molecule has 0 aliphatic heterocycles. The Bertz CT molecular complexity index is 264. The molecule has 0 unspecified atom stereocenters. The van der Waals surface area contributed by atoms with Crippen molar-refractivity contribution in [3.8, 4) is 0 Å². The molecule has 0 N–H and O–H groups in total. The molecule has 0 heterocycles. The first-order valence-corrected chi connectivity index (χ1v) is 10.9. The molecule has 0 aliphatic rings. The lowest BCUT2D eigenvalue weighted by molar-refractivity contribution is 1.50. The molecule has 13 heavy (non-hydrogen) atoms. The average molecular weight is 208 g/mol. The molecule has 72 valence electrons. The normalized spacial score (nSPS) is 11.3. The molecule has 0 amide bonds. The fourth-order valence-corrected chi connectivity index (χ4v) is 3.95. The second kappa shape index (κ2) is 4.24. The first-order chi connectivity index (χ1) is 6.00. The minimum absolute atomic E-state index is 0.604. The second-order valence-corrected chi connectivity index (χ2v) is 10.4. The molecule has 0 spiro atoms. The highest BCUT2D eigenvalue weighted by Gasteiger charge is 2.06. The highest BCUT2D eigenvalue weighted by atomic mass is 28.3. The number of benzene rings is 1. The van der Waals surface area contributed by atoms with Crippen LogP contribution < -0.4 is 10.4 Å². The van der Waals surface area contributed by atoms with Crippen LogP contribution in [0.1, 0.15) is 5.56 Å². The van der Waals surface area contributed by atoms with Gasteiger partial charge in [-0.05, 0) is 6.92 Å². The van der Waals surface area contributed by atoms with Gasteiger partial charge in [-0.25, -0.2) is 0 Å². The summed E-state index contributed by atoms with van der Waals surface area (Å²) >= 11 is 0. The topological polar surface area (TPSA) is 0 Å². The third-order valence-corrected chi connectivity index (χ3v) is 5.79. The summed E-state index contributed by atoms with van der Waals surface area (Å²) < 4.78 is 0. The summed E-state index contributed by atoms with van der Waals surface area (Å²) in [6, 6.07) is 7.20. The van der Waals surface area contributed by atoms with E-state index in [9.17, 15) is 0 Å². The van der Waals surface area contributed by atoms with Crippen molar-refractivity contribution in [3.63, 3.8) is 0 Å². The van der Waals surface area contributed by atoms with Gasteiger partial charge in [0.2, 0.25) is 0 Å². The Balaban J connectivity index is 3.11. The summed E-state index contributed by atoms with van der Waals surface area (Å²) in [6.45, 7) is 11.8. The van der Waals surface area contributed by atoms with Crippen LogP contribution in [0.25, 0.3) is 0 Å². The van der Waals surface area contributed by atoms with Crippen molar-refractivity contribution in [2.75, 3.05) is 0 Å². The van der Waals surface area contributed by atoms with Crippen molar-refractivity contribution < 1.29 is 0 Å². The summed E-state index contributed by atoms with van der Waals surface area (Å²) in [4.78, 5) is 0. The number of aryl methyl sites for hydroxylation is 1. The molecule has 2 heteroatoms. The molecule has 0 radical (unpaired) electrons. The third kappa shape index (κ3) is 2.81. The monoisotopic (exact) mass is 208 g/mol. The maximum absolute atomic E-state index is 2.46. The van der Waals surface area contributed by atoms with E-state index in [1.165, 1.54) is 5.56 Å². The number of hydrogen-bond acceptors (Lipinski definition) is 0. The molecule has 0 aromatic heterocycles. The van der Waals surface area contributed by atoms with Gasteiger partial charge in [-0.15, -0.1) is 0 Å². The van der Waals surface area contributed by atoms with Crippen LogP contribution in [0.2, 0.25) is 26.2 Å².